The molecule has 1 aromatic heterocycles. The predicted octanol–water partition coefficient (Wildman–Crippen LogP) is 5.25. The molecule has 4 heteroatoms. The van der Waals surface area contributed by atoms with E-state index in [0.717, 1.165) is 31.1 Å². The van der Waals surface area contributed by atoms with Gasteiger partial charge in [0.05, 0.1) is 6.10 Å². The largest absolute Gasteiger partial charge is 0.489 e. The highest BCUT2D eigenvalue weighted by atomic mass is 16.5. The second kappa shape index (κ2) is 8.36. The number of benzene rings is 1. The molecule has 1 saturated carbocycles. The third-order valence-corrected chi connectivity index (χ3v) is 6.09. The highest BCUT2D eigenvalue weighted by molar-refractivity contribution is 5.77. The summed E-state index contributed by atoms with van der Waals surface area (Å²) in [6, 6.07) is 8.66. The standard InChI is InChI=1S/C24H30O4/c1-16(5-10-20-17(2)6-11-22(25)24(20,3)4)13-14-27-19-9-7-18-8-12-23(26)28-21(18)15-19/h7-9,12-13,15,20,22,25H,2,5-6,10-11,14H2,1,3-4H3/t20-,22+/m0/s1. The Balaban J connectivity index is 1.56. The third-order valence-electron chi connectivity index (χ3n) is 6.09. The maximum atomic E-state index is 11.4. The summed E-state index contributed by atoms with van der Waals surface area (Å²) in [6.45, 7) is 11.1. The van der Waals surface area contributed by atoms with Gasteiger partial charge in [0, 0.05) is 17.5 Å². The van der Waals surface area contributed by atoms with Crippen molar-refractivity contribution in [2.75, 3.05) is 6.61 Å². The average molecular weight is 383 g/mol. The van der Waals surface area contributed by atoms with Crippen LogP contribution in [0.15, 0.2) is 63.3 Å². The maximum absolute atomic E-state index is 11.4. The van der Waals surface area contributed by atoms with E-state index in [2.05, 4.69) is 33.4 Å². The molecular weight excluding hydrogens is 352 g/mol. The van der Waals surface area contributed by atoms with Crippen LogP contribution in [0.1, 0.15) is 46.5 Å². The number of fused-ring (bicyclic) bond motifs is 1. The van der Waals surface area contributed by atoms with Crippen LogP contribution >= 0.6 is 0 Å². The summed E-state index contributed by atoms with van der Waals surface area (Å²) < 4.78 is 11.0. The second-order valence-corrected chi connectivity index (χ2v) is 8.44. The molecule has 1 fully saturated rings. The van der Waals surface area contributed by atoms with Gasteiger partial charge in [0.1, 0.15) is 17.9 Å². The molecule has 2 atom stereocenters. The van der Waals surface area contributed by atoms with Crippen LogP contribution in [0.3, 0.4) is 0 Å². The van der Waals surface area contributed by atoms with E-state index >= 15 is 0 Å². The summed E-state index contributed by atoms with van der Waals surface area (Å²) in [5.74, 6) is 1.01. The maximum Gasteiger partial charge on any atom is 0.336 e. The first-order valence-electron chi connectivity index (χ1n) is 9.95. The fraction of sp³-hybridized carbons (Fsp3) is 0.458. The predicted molar refractivity (Wildman–Crippen MR) is 113 cm³/mol. The lowest BCUT2D eigenvalue weighted by Gasteiger charge is -2.44. The Morgan fingerprint density at radius 3 is 2.89 bits per heavy atom. The molecule has 0 spiro atoms. The molecule has 0 saturated heterocycles. The van der Waals surface area contributed by atoms with Gasteiger partial charge in [0.25, 0.3) is 0 Å². The number of allylic oxidation sites excluding steroid dienone is 2. The number of hydrogen-bond acceptors (Lipinski definition) is 4. The molecule has 0 bridgehead atoms. The molecule has 0 radical (unpaired) electrons. The Kier molecular flexibility index (Phi) is 6.09. The highest BCUT2D eigenvalue weighted by Gasteiger charge is 2.40. The topological polar surface area (TPSA) is 59.7 Å². The summed E-state index contributed by atoms with van der Waals surface area (Å²) in [5.41, 5.74) is 2.56. The number of aliphatic hydroxyl groups excluding tert-OH is 1. The van der Waals surface area contributed by atoms with Crippen molar-refractivity contribution in [2.24, 2.45) is 11.3 Å². The summed E-state index contributed by atoms with van der Waals surface area (Å²) >= 11 is 0. The van der Waals surface area contributed by atoms with E-state index < -0.39 is 0 Å². The van der Waals surface area contributed by atoms with E-state index in [1.807, 2.05) is 12.1 Å². The van der Waals surface area contributed by atoms with Crippen LogP contribution in [-0.4, -0.2) is 17.8 Å². The molecular formula is C24H30O4. The van der Waals surface area contributed by atoms with E-state index in [1.54, 1.807) is 12.1 Å². The van der Waals surface area contributed by atoms with Crippen LogP contribution in [0.25, 0.3) is 11.0 Å². The molecule has 0 aliphatic heterocycles. The number of ether oxygens (including phenoxy) is 1. The van der Waals surface area contributed by atoms with Crippen LogP contribution in [0.4, 0.5) is 0 Å². The molecule has 1 aromatic carbocycles. The molecule has 3 rings (SSSR count). The molecule has 1 N–H and O–H groups in total. The van der Waals surface area contributed by atoms with Crippen LogP contribution in [0, 0.1) is 11.3 Å². The smallest absolute Gasteiger partial charge is 0.336 e. The highest BCUT2D eigenvalue weighted by Crippen LogP contribution is 2.45. The van der Waals surface area contributed by atoms with Crippen LogP contribution in [0.2, 0.25) is 0 Å². The molecule has 0 amide bonds. The van der Waals surface area contributed by atoms with Gasteiger partial charge in [-0.25, -0.2) is 4.79 Å². The minimum atomic E-state index is -0.363. The van der Waals surface area contributed by atoms with E-state index in [4.69, 9.17) is 9.15 Å². The molecule has 1 aliphatic carbocycles. The lowest BCUT2D eigenvalue weighted by atomic mass is 9.63. The van der Waals surface area contributed by atoms with Gasteiger partial charge in [-0.1, -0.05) is 31.6 Å². The van der Waals surface area contributed by atoms with Crippen molar-refractivity contribution < 1.29 is 14.3 Å². The van der Waals surface area contributed by atoms with E-state index in [0.29, 0.717) is 23.9 Å². The number of hydrogen-bond donors (Lipinski definition) is 1. The normalized spacial score (nSPS) is 22.4. The van der Waals surface area contributed by atoms with E-state index in [1.165, 1.54) is 17.2 Å². The van der Waals surface area contributed by atoms with Crippen LogP contribution < -0.4 is 10.4 Å². The average Bonchev–Trinajstić information content (AvgIpc) is 2.64. The minimum Gasteiger partial charge on any atom is -0.489 e. The molecule has 28 heavy (non-hydrogen) atoms. The zero-order valence-electron chi connectivity index (χ0n) is 17.0. The van der Waals surface area contributed by atoms with Crippen LogP contribution in [-0.2, 0) is 0 Å². The first-order chi connectivity index (χ1) is 13.3. The van der Waals surface area contributed by atoms with Crippen molar-refractivity contribution in [1.29, 1.82) is 0 Å². The van der Waals surface area contributed by atoms with E-state index in [-0.39, 0.29) is 17.1 Å². The van der Waals surface area contributed by atoms with E-state index in [9.17, 15) is 9.90 Å². The van der Waals surface area contributed by atoms with Crippen molar-refractivity contribution >= 4 is 11.0 Å². The fourth-order valence-corrected chi connectivity index (χ4v) is 4.09. The van der Waals surface area contributed by atoms with Gasteiger partial charge in [-0.2, -0.15) is 0 Å². The molecule has 1 aliphatic rings. The van der Waals surface area contributed by atoms with Gasteiger partial charge in [0.2, 0.25) is 0 Å². The van der Waals surface area contributed by atoms with Gasteiger partial charge >= 0.3 is 5.63 Å². The number of rotatable bonds is 6. The fourth-order valence-electron chi connectivity index (χ4n) is 4.09. The van der Waals surface area contributed by atoms with Gasteiger partial charge in [-0.3, -0.25) is 0 Å². The lowest BCUT2D eigenvalue weighted by molar-refractivity contribution is -0.00881. The number of aliphatic hydroxyl groups is 1. The Hall–Kier alpha value is -2.33. The quantitative estimate of drug-likeness (QED) is 0.547. The SMILES string of the molecule is C=C1CC[C@@H](O)C(C)(C)[C@H]1CCC(C)=CCOc1ccc2ccc(=O)oc2c1. The molecule has 0 unspecified atom stereocenters. The van der Waals surface area contributed by atoms with Crippen molar-refractivity contribution in [2.45, 2.75) is 52.6 Å². The zero-order chi connectivity index (χ0) is 20.3. The first-order valence-corrected chi connectivity index (χ1v) is 9.95. The Morgan fingerprint density at radius 2 is 2.11 bits per heavy atom. The Bertz CT molecular complexity index is 935. The molecule has 4 nitrogen and oxygen atoms in total. The third kappa shape index (κ3) is 4.56. The summed E-state index contributed by atoms with van der Waals surface area (Å²) in [6.07, 6.45) is 5.50. The van der Waals surface area contributed by atoms with Gasteiger partial charge in [-0.15, -0.1) is 0 Å². The van der Waals surface area contributed by atoms with Crippen molar-refractivity contribution in [1.82, 2.24) is 0 Å². The second-order valence-electron chi connectivity index (χ2n) is 8.44. The summed E-state index contributed by atoms with van der Waals surface area (Å²) in [5, 5.41) is 11.2. The first kappa shape index (κ1) is 20.4. The van der Waals surface area contributed by atoms with Crippen molar-refractivity contribution in [3.05, 3.63) is 64.6 Å². The minimum absolute atomic E-state index is 0.124. The van der Waals surface area contributed by atoms with Crippen molar-refractivity contribution in [3.8, 4) is 5.75 Å². The lowest BCUT2D eigenvalue weighted by Crippen LogP contribution is -2.41. The molecule has 1 heterocycles. The monoisotopic (exact) mass is 382 g/mol. The zero-order valence-corrected chi connectivity index (χ0v) is 17.0. The molecule has 150 valence electrons. The van der Waals surface area contributed by atoms with Crippen molar-refractivity contribution in [3.63, 3.8) is 0 Å². The summed E-state index contributed by atoms with van der Waals surface area (Å²) in [4.78, 5) is 11.4. The summed E-state index contributed by atoms with van der Waals surface area (Å²) in [7, 11) is 0. The van der Waals surface area contributed by atoms with Gasteiger partial charge in [0.15, 0.2) is 0 Å². The molecule has 2 aromatic rings. The van der Waals surface area contributed by atoms with Crippen LogP contribution in [0.5, 0.6) is 5.75 Å². The Labute approximate surface area is 166 Å². The van der Waals surface area contributed by atoms with Gasteiger partial charge in [-0.05, 0) is 68.2 Å². The van der Waals surface area contributed by atoms with Gasteiger partial charge < -0.3 is 14.3 Å². The Morgan fingerprint density at radius 1 is 1.36 bits per heavy atom.